The first-order valence-corrected chi connectivity index (χ1v) is 9.89. The molecule has 0 unspecified atom stereocenters. The summed E-state index contributed by atoms with van der Waals surface area (Å²) in [5, 5.41) is 23.8. The van der Waals surface area contributed by atoms with E-state index in [1.165, 1.54) is 0 Å². The van der Waals surface area contributed by atoms with Crippen molar-refractivity contribution in [3.63, 3.8) is 0 Å². The number of nitrogens with two attached hydrogens (primary N) is 2. The van der Waals surface area contributed by atoms with Crippen LogP contribution in [0.4, 0.5) is 90.4 Å². The van der Waals surface area contributed by atoms with Crippen LogP contribution < -0.4 is 11.5 Å². The molecular weight excluding hydrogens is 646 g/mol. The van der Waals surface area contributed by atoms with Crippen molar-refractivity contribution in [1.29, 1.82) is 0 Å². The lowest BCUT2D eigenvalue weighted by molar-refractivity contribution is -0.378. The van der Waals surface area contributed by atoms with Crippen molar-refractivity contribution in [2.24, 2.45) is 0 Å². The maximum absolute atomic E-state index is 13.7. The number of hydrogen-bond acceptors (Lipinski definition) is 5. The second-order valence-electron chi connectivity index (χ2n) is 8.46. The summed E-state index contributed by atoms with van der Waals surface area (Å²) < 4.78 is 245. The highest BCUT2D eigenvalue weighted by Gasteiger charge is 2.76. The van der Waals surface area contributed by atoms with Gasteiger partial charge in [-0.1, -0.05) is 6.07 Å². The molecule has 42 heavy (non-hydrogen) atoms. The van der Waals surface area contributed by atoms with Crippen LogP contribution in [-0.2, 0) is 16.8 Å². The van der Waals surface area contributed by atoms with Crippen molar-refractivity contribution in [2.75, 3.05) is 11.5 Å². The van der Waals surface area contributed by atoms with Gasteiger partial charge in [-0.2, -0.15) is 79.0 Å². The van der Waals surface area contributed by atoms with E-state index in [1.807, 2.05) is 0 Å². The molecule has 0 heterocycles. The largest absolute Gasteiger partial charge is 0.430 e. The average molecular weight is 656 g/mol. The number of halogens is 18. The first-order chi connectivity index (χ1) is 18.2. The van der Waals surface area contributed by atoms with Gasteiger partial charge in [-0.15, -0.1) is 0 Å². The minimum Gasteiger partial charge on any atom is -0.398 e. The van der Waals surface area contributed by atoms with E-state index in [0.717, 1.165) is 0 Å². The summed E-state index contributed by atoms with van der Waals surface area (Å²) in [6.45, 7) is 0. The maximum Gasteiger partial charge on any atom is 0.430 e. The number of alkyl halides is 18. The molecule has 0 aromatic heterocycles. The molecule has 240 valence electrons. The van der Waals surface area contributed by atoms with Gasteiger partial charge in [-0.3, -0.25) is 0 Å². The summed E-state index contributed by atoms with van der Waals surface area (Å²) in [7, 11) is 0. The zero-order valence-electron chi connectivity index (χ0n) is 19.0. The van der Waals surface area contributed by atoms with Gasteiger partial charge in [-0.05, 0) is 12.1 Å². The zero-order valence-corrected chi connectivity index (χ0v) is 19.0. The molecule has 5 nitrogen and oxygen atoms in total. The Labute approximate surface area is 217 Å². The van der Waals surface area contributed by atoms with Crippen molar-refractivity contribution in [3.05, 3.63) is 34.9 Å². The smallest absolute Gasteiger partial charge is 0.398 e. The minimum atomic E-state index is -7.27. The second kappa shape index (κ2) is 9.21. The normalized spacial score (nSPS) is 15.5. The van der Waals surface area contributed by atoms with Crippen LogP contribution in [0.5, 0.6) is 0 Å². The molecule has 0 saturated carbocycles. The molecular formula is C19H10F18N2O3. The molecule has 23 heteroatoms. The molecule has 0 spiro atoms. The highest BCUT2D eigenvalue weighted by atomic mass is 19.4. The van der Waals surface area contributed by atoms with Gasteiger partial charge in [0.1, 0.15) is 0 Å². The maximum atomic E-state index is 13.7. The van der Waals surface area contributed by atoms with Crippen LogP contribution in [0.15, 0.2) is 18.2 Å². The van der Waals surface area contributed by atoms with Gasteiger partial charge in [0.25, 0.3) is 16.8 Å². The number of aliphatic hydroxyl groups is 3. The van der Waals surface area contributed by atoms with E-state index in [1.54, 1.807) is 0 Å². The molecule has 0 aliphatic rings. The van der Waals surface area contributed by atoms with Crippen molar-refractivity contribution in [2.45, 2.75) is 53.9 Å². The average Bonchev–Trinajstić information content (AvgIpc) is 2.73. The van der Waals surface area contributed by atoms with E-state index < -0.39 is 105 Å². The highest BCUT2D eigenvalue weighted by molar-refractivity contribution is 6.07. The lowest BCUT2D eigenvalue weighted by Gasteiger charge is -2.39. The zero-order chi connectivity index (χ0) is 33.7. The van der Waals surface area contributed by atoms with Crippen molar-refractivity contribution >= 4 is 22.1 Å². The number of anilines is 2. The molecule has 0 fully saturated rings. The molecule has 2 aromatic rings. The highest BCUT2D eigenvalue weighted by Crippen LogP contribution is 2.60. The van der Waals surface area contributed by atoms with E-state index >= 15 is 0 Å². The number of fused-ring (bicyclic) bond motifs is 1. The van der Waals surface area contributed by atoms with Gasteiger partial charge in [-0.25, -0.2) is 0 Å². The first kappa shape index (κ1) is 35.1. The summed E-state index contributed by atoms with van der Waals surface area (Å²) in [5.74, 6) is 0. The van der Waals surface area contributed by atoms with Crippen LogP contribution in [0.2, 0.25) is 0 Å². The molecule has 2 aromatic carbocycles. The monoisotopic (exact) mass is 656 g/mol. The van der Waals surface area contributed by atoms with E-state index in [9.17, 15) is 94.3 Å². The second-order valence-corrected chi connectivity index (χ2v) is 8.46. The summed E-state index contributed by atoms with van der Waals surface area (Å²) >= 11 is 0. The van der Waals surface area contributed by atoms with Crippen LogP contribution in [0.1, 0.15) is 16.7 Å². The molecule has 0 atom stereocenters. The van der Waals surface area contributed by atoms with Gasteiger partial charge in [0.2, 0.25) is 0 Å². The Morgan fingerprint density at radius 1 is 0.405 bits per heavy atom. The minimum absolute atomic E-state index is 0.352. The molecule has 0 bridgehead atoms. The Kier molecular flexibility index (Phi) is 7.70. The van der Waals surface area contributed by atoms with Gasteiger partial charge in [0.05, 0.1) is 0 Å². The number of benzene rings is 2. The summed E-state index contributed by atoms with van der Waals surface area (Å²) in [6.07, 6.45) is -43.3. The van der Waals surface area contributed by atoms with Crippen molar-refractivity contribution in [3.8, 4) is 0 Å². The van der Waals surface area contributed by atoms with Crippen LogP contribution >= 0.6 is 0 Å². The SMILES string of the molecule is Nc1ccc(C(O)(C(F)(F)F)C(F)(F)F)c2c(N)c(C(O)(C(F)(F)F)C(F)(F)F)cc(C(O)(C(F)(F)F)C(F)(F)F)c12. The van der Waals surface area contributed by atoms with Crippen LogP contribution in [0, 0.1) is 0 Å². The standard InChI is InChI=1S/C19H10F18N2O3/c20-14(21,22)11(40,15(23,24)25)4-1-2-7(38)8-5(12(41,16(26,27)28)17(29,30)31)3-6(10(39)9(4)8)13(42,18(32,33)34)19(35,36)37/h1-3,40-42H,38-39H2. The van der Waals surface area contributed by atoms with Gasteiger partial charge < -0.3 is 26.8 Å². The fourth-order valence-electron chi connectivity index (χ4n) is 3.90. The fraction of sp³-hybridized carbons (Fsp3) is 0.474. The van der Waals surface area contributed by atoms with E-state index in [2.05, 4.69) is 0 Å². The molecule has 0 aliphatic carbocycles. The quantitative estimate of drug-likeness (QED) is 0.208. The fourth-order valence-corrected chi connectivity index (χ4v) is 3.90. The van der Waals surface area contributed by atoms with Crippen molar-refractivity contribution in [1.82, 2.24) is 0 Å². The Bertz CT molecular complexity index is 1320. The van der Waals surface area contributed by atoms with E-state index in [4.69, 9.17) is 11.5 Å². The molecule has 0 saturated heterocycles. The number of rotatable bonds is 3. The molecule has 0 radical (unpaired) electrons. The lowest BCUT2D eigenvalue weighted by Crippen LogP contribution is -2.56. The Balaban J connectivity index is 3.65. The van der Waals surface area contributed by atoms with E-state index in [0.29, 0.717) is 0 Å². The van der Waals surface area contributed by atoms with Gasteiger partial charge in [0, 0.05) is 38.8 Å². The molecule has 0 aliphatic heterocycles. The van der Waals surface area contributed by atoms with Crippen molar-refractivity contribution < 1.29 is 94.3 Å². The predicted molar refractivity (Wildman–Crippen MR) is 101 cm³/mol. The Morgan fingerprint density at radius 3 is 1.00 bits per heavy atom. The topological polar surface area (TPSA) is 113 Å². The first-order valence-electron chi connectivity index (χ1n) is 9.89. The van der Waals surface area contributed by atoms with Gasteiger partial charge >= 0.3 is 37.1 Å². The third-order valence-corrected chi connectivity index (χ3v) is 5.99. The summed E-state index contributed by atoms with van der Waals surface area (Å²) in [4.78, 5) is 0. The van der Waals surface area contributed by atoms with E-state index in [-0.39, 0.29) is 6.07 Å². The third kappa shape index (κ3) is 4.59. The van der Waals surface area contributed by atoms with Crippen LogP contribution in [0.25, 0.3) is 10.8 Å². The lowest BCUT2D eigenvalue weighted by atomic mass is 9.77. The predicted octanol–water partition coefficient (Wildman–Crippen LogP) is 5.94. The molecule has 2 rings (SSSR count). The Hall–Kier alpha value is -3.08. The van der Waals surface area contributed by atoms with Crippen LogP contribution in [-0.4, -0.2) is 52.4 Å². The summed E-state index contributed by atoms with van der Waals surface area (Å²) in [6, 6.07) is -2.56. The number of hydrogen-bond donors (Lipinski definition) is 5. The summed E-state index contributed by atoms with van der Waals surface area (Å²) in [5.41, 5.74) is -24.4. The number of nitrogen functional groups attached to an aromatic ring is 2. The Morgan fingerprint density at radius 2 is 0.690 bits per heavy atom. The van der Waals surface area contributed by atoms with Gasteiger partial charge in [0.15, 0.2) is 0 Å². The third-order valence-electron chi connectivity index (χ3n) is 5.99. The molecule has 7 N–H and O–H groups in total. The van der Waals surface area contributed by atoms with Crippen LogP contribution in [0.3, 0.4) is 0 Å². The molecule has 0 amide bonds.